The SMILES string of the molecule is Cc1cc(F)ccc1C1CNCC(C)O1. The molecule has 82 valence electrons. The Hall–Kier alpha value is -0.930. The van der Waals surface area contributed by atoms with Crippen LogP contribution in [0.5, 0.6) is 0 Å². The van der Waals surface area contributed by atoms with Gasteiger partial charge in [-0.1, -0.05) is 6.07 Å². The van der Waals surface area contributed by atoms with Gasteiger partial charge in [0.1, 0.15) is 5.82 Å². The first kappa shape index (κ1) is 10.6. The lowest BCUT2D eigenvalue weighted by molar-refractivity contribution is -0.0290. The number of halogens is 1. The van der Waals surface area contributed by atoms with Gasteiger partial charge in [-0.05, 0) is 37.1 Å². The second kappa shape index (κ2) is 4.29. The van der Waals surface area contributed by atoms with Crippen molar-refractivity contribution in [3.63, 3.8) is 0 Å². The zero-order valence-electron chi connectivity index (χ0n) is 9.09. The number of rotatable bonds is 1. The van der Waals surface area contributed by atoms with Crippen LogP contribution in [0.4, 0.5) is 4.39 Å². The van der Waals surface area contributed by atoms with Crippen LogP contribution in [-0.4, -0.2) is 19.2 Å². The molecule has 1 N–H and O–H groups in total. The molecule has 1 fully saturated rings. The second-order valence-corrected chi connectivity index (χ2v) is 4.09. The van der Waals surface area contributed by atoms with Crippen LogP contribution in [-0.2, 0) is 4.74 Å². The van der Waals surface area contributed by atoms with Gasteiger partial charge in [0.05, 0.1) is 12.2 Å². The lowest BCUT2D eigenvalue weighted by Crippen LogP contribution is -2.39. The lowest BCUT2D eigenvalue weighted by atomic mass is 10.0. The number of hydrogen-bond donors (Lipinski definition) is 1. The Balaban J connectivity index is 2.21. The Morgan fingerprint density at radius 3 is 2.87 bits per heavy atom. The van der Waals surface area contributed by atoms with E-state index in [9.17, 15) is 4.39 Å². The maximum Gasteiger partial charge on any atom is 0.123 e. The van der Waals surface area contributed by atoms with Crippen molar-refractivity contribution in [1.82, 2.24) is 5.32 Å². The van der Waals surface area contributed by atoms with Gasteiger partial charge in [0, 0.05) is 13.1 Å². The van der Waals surface area contributed by atoms with Gasteiger partial charge < -0.3 is 10.1 Å². The molecule has 1 aromatic rings. The van der Waals surface area contributed by atoms with Crippen molar-refractivity contribution in [2.75, 3.05) is 13.1 Å². The van der Waals surface area contributed by atoms with E-state index in [0.717, 1.165) is 24.2 Å². The molecule has 1 heterocycles. The van der Waals surface area contributed by atoms with Crippen LogP contribution in [0.3, 0.4) is 0 Å². The van der Waals surface area contributed by atoms with Crippen molar-refractivity contribution in [2.45, 2.75) is 26.1 Å². The summed E-state index contributed by atoms with van der Waals surface area (Å²) in [5.74, 6) is -0.187. The molecular formula is C12H16FNO. The Bertz CT molecular complexity index is 353. The van der Waals surface area contributed by atoms with Gasteiger partial charge in [-0.3, -0.25) is 0 Å². The monoisotopic (exact) mass is 209 g/mol. The van der Waals surface area contributed by atoms with Crippen molar-refractivity contribution < 1.29 is 9.13 Å². The number of benzene rings is 1. The second-order valence-electron chi connectivity index (χ2n) is 4.09. The maximum absolute atomic E-state index is 12.9. The highest BCUT2D eigenvalue weighted by molar-refractivity contribution is 5.29. The summed E-state index contributed by atoms with van der Waals surface area (Å²) in [6.07, 6.45) is 0.266. The molecule has 0 aliphatic carbocycles. The molecule has 2 rings (SSSR count). The molecule has 2 atom stereocenters. The zero-order chi connectivity index (χ0) is 10.8. The van der Waals surface area contributed by atoms with Crippen LogP contribution in [0.15, 0.2) is 18.2 Å². The van der Waals surface area contributed by atoms with Crippen molar-refractivity contribution in [3.05, 3.63) is 35.1 Å². The fraction of sp³-hybridized carbons (Fsp3) is 0.500. The van der Waals surface area contributed by atoms with E-state index in [0.29, 0.717) is 0 Å². The number of hydrogen-bond acceptors (Lipinski definition) is 2. The molecule has 0 spiro atoms. The van der Waals surface area contributed by atoms with E-state index in [4.69, 9.17) is 4.74 Å². The molecule has 0 radical (unpaired) electrons. The third-order valence-electron chi connectivity index (χ3n) is 2.74. The van der Waals surface area contributed by atoms with E-state index >= 15 is 0 Å². The van der Waals surface area contributed by atoms with E-state index in [-0.39, 0.29) is 18.0 Å². The Labute approximate surface area is 89.4 Å². The van der Waals surface area contributed by atoms with Crippen LogP contribution in [0.2, 0.25) is 0 Å². The molecule has 0 bridgehead atoms. The number of nitrogens with one attached hydrogen (secondary N) is 1. The summed E-state index contributed by atoms with van der Waals surface area (Å²) in [4.78, 5) is 0. The van der Waals surface area contributed by atoms with Gasteiger partial charge in [-0.2, -0.15) is 0 Å². The van der Waals surface area contributed by atoms with Crippen LogP contribution in [0.25, 0.3) is 0 Å². The smallest absolute Gasteiger partial charge is 0.123 e. The first-order valence-electron chi connectivity index (χ1n) is 5.29. The molecule has 1 aromatic carbocycles. The number of aryl methyl sites for hydroxylation is 1. The first-order chi connectivity index (χ1) is 7.16. The Morgan fingerprint density at radius 2 is 2.20 bits per heavy atom. The van der Waals surface area contributed by atoms with Crippen molar-refractivity contribution in [3.8, 4) is 0 Å². The van der Waals surface area contributed by atoms with E-state index in [1.54, 1.807) is 6.07 Å². The topological polar surface area (TPSA) is 21.3 Å². The van der Waals surface area contributed by atoms with E-state index in [2.05, 4.69) is 5.32 Å². The van der Waals surface area contributed by atoms with Crippen molar-refractivity contribution in [2.24, 2.45) is 0 Å². The predicted molar refractivity (Wildman–Crippen MR) is 57.3 cm³/mol. The number of ether oxygens (including phenoxy) is 1. The lowest BCUT2D eigenvalue weighted by Gasteiger charge is -2.29. The molecule has 0 saturated carbocycles. The van der Waals surface area contributed by atoms with Crippen LogP contribution < -0.4 is 5.32 Å². The van der Waals surface area contributed by atoms with Crippen LogP contribution >= 0.6 is 0 Å². The molecule has 3 heteroatoms. The highest BCUT2D eigenvalue weighted by atomic mass is 19.1. The highest BCUT2D eigenvalue weighted by Crippen LogP contribution is 2.24. The molecule has 2 nitrogen and oxygen atoms in total. The molecule has 0 amide bonds. The van der Waals surface area contributed by atoms with Gasteiger partial charge in [0.2, 0.25) is 0 Å². The summed E-state index contributed by atoms with van der Waals surface area (Å²) >= 11 is 0. The van der Waals surface area contributed by atoms with Crippen molar-refractivity contribution >= 4 is 0 Å². The van der Waals surface area contributed by atoms with Crippen LogP contribution in [0.1, 0.15) is 24.2 Å². The summed E-state index contributed by atoms with van der Waals surface area (Å²) < 4.78 is 18.7. The molecular weight excluding hydrogens is 193 g/mol. The van der Waals surface area contributed by atoms with Crippen LogP contribution in [0, 0.1) is 12.7 Å². The maximum atomic E-state index is 12.9. The van der Waals surface area contributed by atoms with Gasteiger partial charge in [0.25, 0.3) is 0 Å². The van der Waals surface area contributed by atoms with E-state index < -0.39 is 0 Å². The third kappa shape index (κ3) is 2.36. The largest absolute Gasteiger partial charge is 0.368 e. The third-order valence-corrected chi connectivity index (χ3v) is 2.74. The van der Waals surface area contributed by atoms with Gasteiger partial charge >= 0.3 is 0 Å². The van der Waals surface area contributed by atoms with Gasteiger partial charge in [-0.25, -0.2) is 4.39 Å². The average molecular weight is 209 g/mol. The normalized spacial score (nSPS) is 26.6. The van der Waals surface area contributed by atoms with Gasteiger partial charge in [-0.15, -0.1) is 0 Å². The Kier molecular flexibility index (Phi) is 3.03. The molecule has 1 saturated heterocycles. The van der Waals surface area contributed by atoms with Gasteiger partial charge in [0.15, 0.2) is 0 Å². The summed E-state index contributed by atoms with van der Waals surface area (Å²) in [6, 6.07) is 4.86. The minimum atomic E-state index is -0.187. The van der Waals surface area contributed by atoms with E-state index in [1.807, 2.05) is 19.9 Å². The Morgan fingerprint density at radius 1 is 1.40 bits per heavy atom. The minimum Gasteiger partial charge on any atom is -0.368 e. The summed E-state index contributed by atoms with van der Waals surface area (Å²) in [7, 11) is 0. The summed E-state index contributed by atoms with van der Waals surface area (Å²) in [6.45, 7) is 5.65. The summed E-state index contributed by atoms with van der Waals surface area (Å²) in [5.41, 5.74) is 2.03. The fourth-order valence-corrected chi connectivity index (χ4v) is 1.98. The number of morpholine rings is 1. The zero-order valence-corrected chi connectivity index (χ0v) is 9.09. The fourth-order valence-electron chi connectivity index (χ4n) is 1.98. The van der Waals surface area contributed by atoms with Crippen molar-refractivity contribution in [1.29, 1.82) is 0 Å². The minimum absolute atomic E-state index is 0.0503. The molecule has 1 aliphatic heterocycles. The molecule has 2 unspecified atom stereocenters. The standard InChI is InChI=1S/C12H16FNO/c1-8-5-10(13)3-4-11(8)12-7-14-6-9(2)15-12/h3-5,9,12,14H,6-7H2,1-2H3. The molecule has 1 aliphatic rings. The quantitative estimate of drug-likeness (QED) is 0.765. The molecule has 0 aromatic heterocycles. The van der Waals surface area contributed by atoms with E-state index in [1.165, 1.54) is 6.07 Å². The highest BCUT2D eigenvalue weighted by Gasteiger charge is 2.21. The summed E-state index contributed by atoms with van der Waals surface area (Å²) in [5, 5.41) is 3.31. The average Bonchev–Trinajstić information content (AvgIpc) is 2.17. The first-order valence-corrected chi connectivity index (χ1v) is 5.29. The predicted octanol–water partition coefficient (Wildman–Crippen LogP) is 2.18. The molecule has 15 heavy (non-hydrogen) atoms.